The molecule has 3 rings (SSSR count). The molecule has 0 radical (unpaired) electrons. The molecule has 3 heteroatoms. The van der Waals surface area contributed by atoms with E-state index in [4.69, 9.17) is 0 Å². The number of fused-ring (bicyclic) bond motifs is 3. The summed E-state index contributed by atoms with van der Waals surface area (Å²) < 4.78 is 3.58. The number of hydrogen-bond acceptors (Lipinski definition) is 1. The Morgan fingerprint density at radius 1 is 1.24 bits per heavy atom. The first kappa shape index (κ1) is 11.3. The molecule has 1 aliphatic rings. The highest BCUT2D eigenvalue weighted by molar-refractivity contribution is 9.10. The number of rotatable bonds is 0. The monoisotopic (exact) mass is 292 g/mol. The normalized spacial score (nSPS) is 16.5. The molecule has 0 atom stereocenters. The van der Waals surface area contributed by atoms with Crippen molar-refractivity contribution in [3.63, 3.8) is 0 Å². The SMILES string of the molecule is Cc1cc(Br)c2c(c1)c1c(n2C)CCN(C)C1. The maximum Gasteiger partial charge on any atom is 0.0627 e. The lowest BCUT2D eigenvalue weighted by molar-refractivity contribution is 0.310. The number of likely N-dealkylation sites (N-methyl/N-ethyl adjacent to an activating group) is 1. The van der Waals surface area contributed by atoms with Gasteiger partial charge in [0.05, 0.1) is 5.52 Å². The molecule has 0 aliphatic carbocycles. The predicted molar refractivity (Wildman–Crippen MR) is 75.4 cm³/mol. The van der Waals surface area contributed by atoms with E-state index < -0.39 is 0 Å². The molecule has 90 valence electrons. The first-order valence-corrected chi connectivity index (χ1v) is 6.82. The molecule has 0 saturated heterocycles. The smallest absolute Gasteiger partial charge is 0.0627 e. The second kappa shape index (κ2) is 3.85. The summed E-state index contributed by atoms with van der Waals surface area (Å²) in [6.45, 7) is 4.40. The van der Waals surface area contributed by atoms with E-state index in [1.165, 1.54) is 32.2 Å². The molecule has 1 aromatic heterocycles. The second-order valence-corrected chi connectivity index (χ2v) is 5.97. The van der Waals surface area contributed by atoms with Crippen molar-refractivity contribution in [1.82, 2.24) is 9.47 Å². The largest absolute Gasteiger partial charge is 0.346 e. The van der Waals surface area contributed by atoms with Gasteiger partial charge in [0.2, 0.25) is 0 Å². The fourth-order valence-electron chi connectivity index (χ4n) is 2.94. The van der Waals surface area contributed by atoms with Crippen molar-refractivity contribution in [2.75, 3.05) is 13.6 Å². The first-order chi connectivity index (χ1) is 8.08. The van der Waals surface area contributed by atoms with Crippen LogP contribution in [0.4, 0.5) is 0 Å². The van der Waals surface area contributed by atoms with Gasteiger partial charge >= 0.3 is 0 Å². The van der Waals surface area contributed by atoms with E-state index in [-0.39, 0.29) is 0 Å². The zero-order valence-electron chi connectivity index (χ0n) is 10.5. The number of hydrogen-bond donors (Lipinski definition) is 0. The summed E-state index contributed by atoms with van der Waals surface area (Å²) in [7, 11) is 4.39. The number of aryl methyl sites for hydroxylation is 2. The lowest BCUT2D eigenvalue weighted by Gasteiger charge is -2.23. The Balaban J connectivity index is 2.38. The Morgan fingerprint density at radius 3 is 2.76 bits per heavy atom. The van der Waals surface area contributed by atoms with Crippen LogP contribution in [0.3, 0.4) is 0 Å². The number of aromatic nitrogens is 1. The third-order valence-electron chi connectivity index (χ3n) is 3.78. The van der Waals surface area contributed by atoms with Gasteiger partial charge in [-0.3, -0.25) is 0 Å². The molecule has 0 unspecified atom stereocenters. The maximum atomic E-state index is 3.71. The predicted octanol–water partition coefficient (Wildman–Crippen LogP) is 3.24. The minimum absolute atomic E-state index is 1.07. The van der Waals surface area contributed by atoms with Crippen molar-refractivity contribution in [2.45, 2.75) is 19.9 Å². The zero-order chi connectivity index (χ0) is 12.2. The molecule has 0 fully saturated rings. The molecule has 2 nitrogen and oxygen atoms in total. The molecular weight excluding hydrogens is 276 g/mol. The van der Waals surface area contributed by atoms with E-state index in [9.17, 15) is 0 Å². The molecule has 0 N–H and O–H groups in total. The molecule has 17 heavy (non-hydrogen) atoms. The molecule has 0 bridgehead atoms. The van der Waals surface area contributed by atoms with Gasteiger partial charge in [0.25, 0.3) is 0 Å². The quantitative estimate of drug-likeness (QED) is 0.724. The van der Waals surface area contributed by atoms with Crippen molar-refractivity contribution in [1.29, 1.82) is 0 Å². The van der Waals surface area contributed by atoms with Crippen LogP contribution in [0.1, 0.15) is 16.8 Å². The van der Waals surface area contributed by atoms with Crippen molar-refractivity contribution >= 4 is 26.8 Å². The third kappa shape index (κ3) is 1.64. The van der Waals surface area contributed by atoms with Crippen LogP contribution in [-0.4, -0.2) is 23.1 Å². The second-order valence-electron chi connectivity index (χ2n) is 5.11. The Labute approximate surface area is 110 Å². The van der Waals surface area contributed by atoms with Crippen LogP contribution in [0, 0.1) is 6.92 Å². The van der Waals surface area contributed by atoms with Crippen LogP contribution in [0.15, 0.2) is 16.6 Å². The standard InChI is InChI=1S/C14H17BrN2/c1-9-6-10-11-8-16(2)5-4-13(11)17(3)14(10)12(15)7-9/h6-7H,4-5,8H2,1-3H3. The molecule has 1 aliphatic heterocycles. The number of nitrogens with zero attached hydrogens (tertiary/aromatic N) is 2. The van der Waals surface area contributed by atoms with Gasteiger partial charge in [-0.1, -0.05) is 0 Å². The molecule has 0 saturated carbocycles. The Hall–Kier alpha value is -0.800. The lowest BCUT2D eigenvalue weighted by Crippen LogP contribution is -2.26. The van der Waals surface area contributed by atoms with Gasteiger partial charge in [-0.2, -0.15) is 0 Å². The maximum absolute atomic E-state index is 3.71. The van der Waals surface area contributed by atoms with E-state index in [2.05, 4.69) is 58.5 Å². The summed E-state index contributed by atoms with van der Waals surface area (Å²) in [6.07, 6.45) is 1.16. The topological polar surface area (TPSA) is 8.17 Å². The molecule has 0 amide bonds. The van der Waals surface area contributed by atoms with Crippen molar-refractivity contribution < 1.29 is 0 Å². The summed E-state index contributed by atoms with van der Waals surface area (Å²) in [5.74, 6) is 0. The molecule has 2 heterocycles. The van der Waals surface area contributed by atoms with Gasteiger partial charge in [-0.25, -0.2) is 0 Å². The van der Waals surface area contributed by atoms with E-state index >= 15 is 0 Å². The van der Waals surface area contributed by atoms with Crippen LogP contribution >= 0.6 is 15.9 Å². The molecule has 1 aromatic carbocycles. The van der Waals surface area contributed by atoms with Crippen LogP contribution in [0.25, 0.3) is 10.9 Å². The third-order valence-corrected chi connectivity index (χ3v) is 4.38. The molecular formula is C14H17BrN2. The summed E-state index contributed by atoms with van der Waals surface area (Å²) in [4.78, 5) is 2.40. The Kier molecular flexibility index (Phi) is 2.56. The highest BCUT2D eigenvalue weighted by atomic mass is 79.9. The first-order valence-electron chi connectivity index (χ1n) is 6.02. The number of benzene rings is 1. The van der Waals surface area contributed by atoms with Crippen LogP contribution in [0.5, 0.6) is 0 Å². The van der Waals surface area contributed by atoms with E-state index in [0.717, 1.165) is 19.5 Å². The average molecular weight is 293 g/mol. The summed E-state index contributed by atoms with van der Waals surface area (Å²) >= 11 is 3.71. The fraction of sp³-hybridized carbons (Fsp3) is 0.429. The van der Waals surface area contributed by atoms with Gasteiger partial charge in [-0.05, 0) is 53.2 Å². The zero-order valence-corrected chi connectivity index (χ0v) is 12.1. The van der Waals surface area contributed by atoms with Gasteiger partial charge in [0.15, 0.2) is 0 Å². The van der Waals surface area contributed by atoms with Crippen LogP contribution in [-0.2, 0) is 20.0 Å². The summed E-state index contributed by atoms with van der Waals surface area (Å²) in [5.41, 5.74) is 5.69. The Morgan fingerprint density at radius 2 is 2.00 bits per heavy atom. The fourth-order valence-corrected chi connectivity index (χ4v) is 3.78. The van der Waals surface area contributed by atoms with E-state index in [1.54, 1.807) is 0 Å². The minimum atomic E-state index is 1.07. The van der Waals surface area contributed by atoms with Crippen molar-refractivity contribution in [3.8, 4) is 0 Å². The molecule has 2 aromatic rings. The van der Waals surface area contributed by atoms with Crippen LogP contribution in [0.2, 0.25) is 0 Å². The van der Waals surface area contributed by atoms with Crippen LogP contribution < -0.4 is 0 Å². The van der Waals surface area contributed by atoms with Gasteiger partial charge in [0, 0.05) is 42.1 Å². The molecule has 0 spiro atoms. The minimum Gasteiger partial charge on any atom is -0.346 e. The highest BCUT2D eigenvalue weighted by Gasteiger charge is 2.21. The van der Waals surface area contributed by atoms with E-state index in [1.807, 2.05) is 0 Å². The summed E-state index contributed by atoms with van der Waals surface area (Å²) in [6, 6.07) is 4.52. The van der Waals surface area contributed by atoms with E-state index in [0.29, 0.717) is 0 Å². The van der Waals surface area contributed by atoms with Gasteiger partial charge in [-0.15, -0.1) is 0 Å². The highest BCUT2D eigenvalue weighted by Crippen LogP contribution is 2.34. The lowest BCUT2D eigenvalue weighted by atomic mass is 10.0. The summed E-state index contributed by atoms with van der Waals surface area (Å²) in [5, 5.41) is 1.42. The number of halogens is 1. The average Bonchev–Trinajstić information content (AvgIpc) is 2.52. The Bertz CT molecular complexity index is 598. The van der Waals surface area contributed by atoms with Gasteiger partial charge in [0.1, 0.15) is 0 Å². The van der Waals surface area contributed by atoms with Gasteiger partial charge < -0.3 is 9.47 Å². The van der Waals surface area contributed by atoms with Crippen molar-refractivity contribution in [3.05, 3.63) is 33.4 Å². The van der Waals surface area contributed by atoms with Crippen molar-refractivity contribution in [2.24, 2.45) is 7.05 Å².